The minimum absolute atomic E-state index is 0.00926. The number of benzene rings is 2. The van der Waals surface area contributed by atoms with Crippen LogP contribution in [0.1, 0.15) is 233 Å². The summed E-state index contributed by atoms with van der Waals surface area (Å²) in [7, 11) is 7.44. The Balaban J connectivity index is -0.000000106. The molecule has 0 radical (unpaired) electrons. The van der Waals surface area contributed by atoms with E-state index in [1.807, 2.05) is 111 Å². The summed E-state index contributed by atoms with van der Waals surface area (Å²) in [6.07, 6.45) is 12.6. The third-order valence-electron chi connectivity index (χ3n) is 7.92. The van der Waals surface area contributed by atoms with E-state index in [0.29, 0.717) is 40.0 Å². The van der Waals surface area contributed by atoms with Crippen molar-refractivity contribution in [2.75, 3.05) is 34.9 Å². The van der Waals surface area contributed by atoms with E-state index in [1.165, 1.54) is 42.5 Å². The second kappa shape index (κ2) is 71.3. The molecule has 0 bridgehead atoms. The first-order chi connectivity index (χ1) is 38.7. The van der Waals surface area contributed by atoms with E-state index in [2.05, 4.69) is 195 Å². The number of amides is 1. The third kappa shape index (κ3) is 113. The Bertz CT molecular complexity index is 1920. The lowest BCUT2D eigenvalue weighted by Crippen LogP contribution is -2.17. The van der Waals surface area contributed by atoms with Crippen molar-refractivity contribution < 1.29 is 18.7 Å². The summed E-state index contributed by atoms with van der Waals surface area (Å²) in [5.74, 6) is 10.7. The van der Waals surface area contributed by atoms with Gasteiger partial charge in [0.15, 0.2) is 0 Å². The average molecular weight is 1280 g/mol. The van der Waals surface area contributed by atoms with Gasteiger partial charge in [0, 0.05) is 64.9 Å². The molecular formula is C70H127BrCl2FN7O3. The number of hydrogen-bond donors (Lipinski definition) is 1. The number of nitriles is 1. The van der Waals surface area contributed by atoms with Crippen LogP contribution in [0.5, 0.6) is 5.75 Å². The van der Waals surface area contributed by atoms with Crippen molar-refractivity contribution in [1.29, 1.82) is 5.26 Å². The summed E-state index contributed by atoms with van der Waals surface area (Å²) < 4.78 is 20.8. The van der Waals surface area contributed by atoms with Crippen LogP contribution in [0.4, 0.5) is 4.39 Å². The van der Waals surface area contributed by atoms with Crippen molar-refractivity contribution in [2.45, 2.75) is 240 Å². The molecule has 488 valence electrons. The van der Waals surface area contributed by atoms with Crippen LogP contribution in [0.15, 0.2) is 86.0 Å². The van der Waals surface area contributed by atoms with Gasteiger partial charge in [0.05, 0.1) is 32.0 Å². The number of aromatic nitrogens is 4. The Labute approximate surface area is 537 Å². The molecule has 0 spiro atoms. The molecule has 2 aromatic carbocycles. The molecule has 0 fully saturated rings. The van der Waals surface area contributed by atoms with Gasteiger partial charge in [-0.15, -0.1) is 11.6 Å². The Morgan fingerprint density at radius 1 is 0.643 bits per heavy atom. The lowest BCUT2D eigenvalue weighted by molar-refractivity contribution is -0.120. The topological polar surface area (TPSA) is 140 Å². The van der Waals surface area contributed by atoms with Gasteiger partial charge in [-0.3, -0.25) is 9.69 Å². The van der Waals surface area contributed by atoms with E-state index in [9.17, 15) is 9.18 Å². The van der Waals surface area contributed by atoms with Gasteiger partial charge in [-0.05, 0) is 152 Å². The maximum Gasteiger partial charge on any atom is 0.219 e. The van der Waals surface area contributed by atoms with Crippen molar-refractivity contribution in [3.63, 3.8) is 0 Å². The molecular weight excluding hydrogens is 1160 g/mol. The molecule has 4 rings (SSSR count). The molecule has 0 aliphatic rings. The number of hydrogen-bond acceptors (Lipinski definition) is 9. The molecule has 10 nitrogen and oxygen atoms in total. The summed E-state index contributed by atoms with van der Waals surface area (Å²) >= 11 is 14.3. The Hall–Kier alpha value is -4.17. The van der Waals surface area contributed by atoms with Gasteiger partial charge in [-0.1, -0.05) is 202 Å². The van der Waals surface area contributed by atoms with Crippen LogP contribution < -0.4 is 10.5 Å². The largest absolute Gasteiger partial charge is 0.497 e. The van der Waals surface area contributed by atoms with E-state index >= 15 is 0 Å². The molecule has 0 saturated heterocycles. The number of rotatable bonds is 9. The van der Waals surface area contributed by atoms with Crippen LogP contribution in [0.2, 0.25) is 5.02 Å². The van der Waals surface area contributed by atoms with E-state index in [4.69, 9.17) is 43.7 Å². The number of halogens is 4. The van der Waals surface area contributed by atoms with Crippen LogP contribution in [0.25, 0.3) is 0 Å². The molecule has 2 aromatic heterocycles. The van der Waals surface area contributed by atoms with Gasteiger partial charge in [0.2, 0.25) is 5.91 Å². The van der Waals surface area contributed by atoms with E-state index < -0.39 is 6.17 Å². The van der Waals surface area contributed by atoms with Gasteiger partial charge in [0.1, 0.15) is 18.4 Å². The molecule has 84 heavy (non-hydrogen) atoms. The maximum atomic E-state index is 11.0. The Morgan fingerprint density at radius 3 is 1.11 bits per heavy atom. The first-order valence-electron chi connectivity index (χ1n) is 29.8. The molecule has 0 unspecified atom stereocenters. The molecule has 2 N–H and O–H groups in total. The fraction of sp³-hybridized carbons (Fsp3) is 0.657. The fourth-order valence-electron chi connectivity index (χ4n) is 3.71. The zero-order valence-electron chi connectivity index (χ0n) is 59.1. The van der Waals surface area contributed by atoms with Gasteiger partial charge in [-0.2, -0.15) is 5.26 Å². The highest BCUT2D eigenvalue weighted by Gasteiger charge is 1.99. The molecule has 0 atom stereocenters. The highest BCUT2D eigenvalue weighted by atomic mass is 79.9. The summed E-state index contributed by atoms with van der Waals surface area (Å²) in [5.41, 5.74) is 9.90. The minimum atomic E-state index is -0.667. The molecule has 0 aliphatic carbocycles. The van der Waals surface area contributed by atoms with E-state index in [1.54, 1.807) is 40.7 Å². The van der Waals surface area contributed by atoms with E-state index in [0.717, 1.165) is 35.6 Å². The number of alkyl halides is 3. The van der Waals surface area contributed by atoms with Crippen molar-refractivity contribution in [3.05, 3.63) is 113 Å². The summed E-state index contributed by atoms with van der Waals surface area (Å²) in [6, 6.07) is 18.3. The zero-order valence-corrected chi connectivity index (χ0v) is 62.2. The van der Waals surface area contributed by atoms with Crippen molar-refractivity contribution in [1.82, 2.24) is 24.8 Å². The first kappa shape index (κ1) is 98.9. The first-order valence-corrected chi connectivity index (χ1v) is 31.6. The number of methoxy groups -OCH3 is 2. The predicted octanol–water partition coefficient (Wildman–Crippen LogP) is 21.0. The molecule has 1 amide bonds. The highest BCUT2D eigenvalue weighted by molar-refractivity contribution is 9.09. The lowest BCUT2D eigenvalue weighted by atomic mass is 10.0. The van der Waals surface area contributed by atoms with Gasteiger partial charge >= 0.3 is 0 Å². The van der Waals surface area contributed by atoms with Gasteiger partial charge in [0.25, 0.3) is 0 Å². The van der Waals surface area contributed by atoms with Crippen molar-refractivity contribution in [2.24, 2.45) is 35.3 Å². The summed E-state index contributed by atoms with van der Waals surface area (Å²) in [5, 5.41) is 9.01. The van der Waals surface area contributed by atoms with Crippen LogP contribution in [0, 0.1) is 52.8 Å². The number of nitrogens with zero attached hydrogens (tertiary/aromatic N) is 6. The van der Waals surface area contributed by atoms with Gasteiger partial charge < -0.3 is 15.2 Å². The number of nitrogens with two attached hydrogens (primary N) is 1. The zero-order chi connectivity index (χ0) is 67.9. The van der Waals surface area contributed by atoms with Crippen LogP contribution >= 0.6 is 39.1 Å². The Kier molecular flexibility index (Phi) is 83.9. The smallest absolute Gasteiger partial charge is 0.219 e. The normalized spacial score (nSPS) is 9.51. The maximum absolute atomic E-state index is 11.0. The monoisotopic (exact) mass is 1280 g/mol. The summed E-state index contributed by atoms with van der Waals surface area (Å²) in [6.45, 7) is 55.4. The van der Waals surface area contributed by atoms with Crippen molar-refractivity contribution >= 4 is 45.0 Å². The quantitative estimate of drug-likeness (QED) is 0.128. The second-order valence-corrected chi connectivity index (χ2v) is 26.3. The minimum Gasteiger partial charge on any atom is -0.497 e. The number of primary amides is 1. The predicted molar refractivity (Wildman–Crippen MR) is 375 cm³/mol. The second-order valence-electron chi connectivity index (χ2n) is 23.1. The van der Waals surface area contributed by atoms with Crippen LogP contribution in [0.3, 0.4) is 0 Å². The fourth-order valence-corrected chi connectivity index (χ4v) is 3.83. The SMILES string of the molecule is CC(C)Br.CC(C)C.CC(C)C#CCN(C)C.CC(C)C#N.CC(C)C(N)=O.CC(C)Cl.CC(C)F.CC(C)c1ccc(Cl)cc1.CC(C)c1cncnc1.CC(C)c1cncnc1.CCC.COC(C)C.COc1ccc(CC(C)C)cc1. The summed E-state index contributed by atoms with van der Waals surface area (Å²) in [4.78, 5) is 28.2. The van der Waals surface area contributed by atoms with Gasteiger partial charge in [-0.25, -0.2) is 24.3 Å². The van der Waals surface area contributed by atoms with Crippen LogP contribution in [-0.2, 0) is 16.0 Å². The molecule has 14 heteroatoms. The number of carbonyl (C=O) groups excluding carboxylic acids is 1. The molecule has 0 aliphatic heterocycles. The number of carbonyl (C=O) groups is 1. The standard InChI is InChI=1S/C11H16O.C9H11Cl.C8H15N.2C7H10N2.C4H9NO.C4H7N.C4H10O.C4H10.C3H7Br.C3H7Cl.C3H7F.C3H8/c1-9(2)8-10-4-6-11(12-3)7-5-10;1-7(2)8-3-5-9(10)6-4-8;1-8(2)6-5-7-9(3)4;2*1-6(2)7-3-8-5-9-4-7;1-3(2)4(5)6;1-4(2)3-5;1-4(2)5-3;1-4(2)3;3*1-3(2)4;1-3-2/h4-7,9H,8H2,1-3H3;3-7H,1-2H3;8H,7H2,1-4H3;2*3-6H,1-2H3;3H,1-2H3,(H2,5,6);4H,1-2H3;4H,1-3H3;4H,1-3H3;3*3H,1-2H3;3H2,1-2H3. The van der Waals surface area contributed by atoms with Crippen LogP contribution in [-0.4, -0.2) is 88.1 Å². The molecule has 0 saturated carbocycles. The average Bonchev–Trinajstić information content (AvgIpc) is 3.37. The number of ether oxygens (including phenoxy) is 2. The Morgan fingerprint density at radius 2 is 0.929 bits per heavy atom. The lowest BCUT2D eigenvalue weighted by Gasteiger charge is -2.05. The van der Waals surface area contributed by atoms with E-state index in [-0.39, 0.29) is 17.7 Å². The molecule has 2 heterocycles. The highest BCUT2D eigenvalue weighted by Crippen LogP contribution is 2.17. The third-order valence-corrected chi connectivity index (χ3v) is 8.17. The molecule has 4 aromatic rings. The van der Waals surface area contributed by atoms with Crippen molar-refractivity contribution in [3.8, 4) is 23.7 Å².